The molecule has 0 fully saturated rings. The molecule has 14 heavy (non-hydrogen) atoms. The lowest BCUT2D eigenvalue weighted by Gasteiger charge is -2.01. The summed E-state index contributed by atoms with van der Waals surface area (Å²) in [5, 5.41) is 16.4. The first-order valence-corrected chi connectivity index (χ1v) is 3.97. The van der Waals surface area contributed by atoms with Crippen molar-refractivity contribution in [1.29, 1.82) is 0 Å². The molecular weight excluding hydrogens is 184 g/mol. The number of benzene rings is 1. The fourth-order valence-electron chi connectivity index (χ4n) is 1.31. The van der Waals surface area contributed by atoms with Crippen molar-refractivity contribution in [2.45, 2.75) is 0 Å². The van der Waals surface area contributed by atoms with Gasteiger partial charge in [-0.3, -0.25) is 5.10 Å². The number of carbonyl (C=O) groups is 1. The highest BCUT2D eigenvalue weighted by Crippen LogP contribution is 2.23. The number of carbonyl (C=O) groups excluding carboxylic acids is 1. The summed E-state index contributed by atoms with van der Waals surface area (Å²) in [6, 6.07) is 2.86. The van der Waals surface area contributed by atoms with E-state index >= 15 is 0 Å². The molecule has 0 aliphatic heterocycles. The molecule has 2 aromatic rings. The van der Waals surface area contributed by atoms with Crippen LogP contribution in [0.1, 0.15) is 10.4 Å². The van der Waals surface area contributed by atoms with E-state index in [-0.39, 0.29) is 11.3 Å². The molecule has 0 spiro atoms. The summed E-state index contributed by atoms with van der Waals surface area (Å²) < 4.78 is 4.57. The molecule has 2 N–H and O–H groups in total. The summed E-state index contributed by atoms with van der Waals surface area (Å²) in [6.45, 7) is 0. The molecule has 0 saturated carbocycles. The van der Waals surface area contributed by atoms with Crippen molar-refractivity contribution in [2.75, 3.05) is 7.11 Å². The number of phenols is 1. The number of hydrogen-bond acceptors (Lipinski definition) is 4. The molecule has 5 heteroatoms. The van der Waals surface area contributed by atoms with Gasteiger partial charge in [-0.15, -0.1) is 0 Å². The van der Waals surface area contributed by atoms with E-state index in [1.54, 1.807) is 0 Å². The largest absolute Gasteiger partial charge is 0.508 e. The predicted octanol–water partition coefficient (Wildman–Crippen LogP) is 1.06. The van der Waals surface area contributed by atoms with Crippen LogP contribution in [0.4, 0.5) is 0 Å². The summed E-state index contributed by atoms with van der Waals surface area (Å²) in [4.78, 5) is 11.3. The highest BCUT2D eigenvalue weighted by Gasteiger charge is 2.13. The number of nitrogens with zero attached hydrogens (tertiary/aromatic N) is 1. The molecule has 0 saturated heterocycles. The van der Waals surface area contributed by atoms with Gasteiger partial charge in [0.15, 0.2) is 0 Å². The zero-order valence-corrected chi connectivity index (χ0v) is 7.44. The second kappa shape index (κ2) is 3.02. The number of H-pyrrole nitrogens is 1. The molecule has 0 atom stereocenters. The number of fused-ring (bicyclic) bond motifs is 1. The van der Waals surface area contributed by atoms with E-state index in [4.69, 9.17) is 0 Å². The van der Waals surface area contributed by atoms with Crippen LogP contribution >= 0.6 is 0 Å². The molecule has 1 aromatic carbocycles. The fraction of sp³-hybridized carbons (Fsp3) is 0.111. The zero-order chi connectivity index (χ0) is 10.1. The van der Waals surface area contributed by atoms with Crippen LogP contribution in [0.15, 0.2) is 18.3 Å². The monoisotopic (exact) mass is 192 g/mol. The smallest absolute Gasteiger partial charge is 0.340 e. The number of methoxy groups -OCH3 is 1. The molecule has 0 radical (unpaired) electrons. The summed E-state index contributed by atoms with van der Waals surface area (Å²) in [7, 11) is 1.29. The van der Waals surface area contributed by atoms with Gasteiger partial charge in [0, 0.05) is 5.39 Å². The number of rotatable bonds is 1. The predicted molar refractivity (Wildman–Crippen MR) is 49.1 cm³/mol. The molecule has 1 aromatic heterocycles. The van der Waals surface area contributed by atoms with E-state index < -0.39 is 5.97 Å². The number of hydrogen-bond donors (Lipinski definition) is 2. The minimum absolute atomic E-state index is 0.0132. The number of esters is 1. The molecule has 0 aliphatic carbocycles. The molecule has 2 rings (SSSR count). The minimum atomic E-state index is -0.504. The van der Waals surface area contributed by atoms with Crippen LogP contribution in [0, 0.1) is 0 Å². The normalized spacial score (nSPS) is 10.4. The van der Waals surface area contributed by atoms with Gasteiger partial charge in [0.1, 0.15) is 5.75 Å². The van der Waals surface area contributed by atoms with E-state index in [0.717, 1.165) is 0 Å². The Morgan fingerprint density at radius 1 is 1.57 bits per heavy atom. The number of nitrogens with one attached hydrogen (secondary N) is 1. The molecule has 0 bridgehead atoms. The Kier molecular flexibility index (Phi) is 1.85. The second-order valence-corrected chi connectivity index (χ2v) is 2.82. The van der Waals surface area contributed by atoms with E-state index in [9.17, 15) is 9.90 Å². The average Bonchev–Trinajstić information content (AvgIpc) is 2.62. The van der Waals surface area contributed by atoms with Gasteiger partial charge in [-0.25, -0.2) is 4.79 Å². The summed E-state index contributed by atoms with van der Waals surface area (Å²) in [6.07, 6.45) is 1.53. The molecule has 0 unspecified atom stereocenters. The Labute approximate surface area is 79.3 Å². The molecule has 1 heterocycles. The zero-order valence-electron chi connectivity index (χ0n) is 7.44. The van der Waals surface area contributed by atoms with Gasteiger partial charge in [0.05, 0.1) is 24.4 Å². The Balaban J connectivity index is 2.72. The van der Waals surface area contributed by atoms with Crippen LogP contribution in [0.5, 0.6) is 5.75 Å². The van der Waals surface area contributed by atoms with Gasteiger partial charge >= 0.3 is 5.97 Å². The molecular formula is C9H8N2O3. The molecule has 5 nitrogen and oxygen atoms in total. The third-order valence-electron chi connectivity index (χ3n) is 1.94. The molecule has 72 valence electrons. The van der Waals surface area contributed by atoms with Crippen molar-refractivity contribution < 1.29 is 14.6 Å². The van der Waals surface area contributed by atoms with Crippen molar-refractivity contribution >= 4 is 16.9 Å². The number of phenolic OH excluding ortho intramolecular Hbond substituents is 1. The summed E-state index contributed by atoms with van der Waals surface area (Å²) >= 11 is 0. The number of aromatic hydroxyl groups is 1. The van der Waals surface area contributed by atoms with E-state index in [1.165, 1.54) is 25.4 Å². The summed E-state index contributed by atoms with van der Waals surface area (Å²) in [5.74, 6) is -0.491. The Bertz CT molecular complexity index is 490. The van der Waals surface area contributed by atoms with E-state index in [0.29, 0.717) is 10.9 Å². The highest BCUT2D eigenvalue weighted by atomic mass is 16.5. The number of aromatic amines is 1. The van der Waals surface area contributed by atoms with Crippen LogP contribution in [-0.4, -0.2) is 28.4 Å². The van der Waals surface area contributed by atoms with Crippen LogP contribution in [0.25, 0.3) is 10.9 Å². The maximum absolute atomic E-state index is 11.3. The summed E-state index contributed by atoms with van der Waals surface area (Å²) in [5.41, 5.74) is 0.842. The second-order valence-electron chi connectivity index (χ2n) is 2.82. The third kappa shape index (κ3) is 1.19. The number of ether oxygens (including phenoxy) is 1. The van der Waals surface area contributed by atoms with Gasteiger partial charge in [-0.1, -0.05) is 0 Å². The maximum atomic E-state index is 11.3. The first kappa shape index (κ1) is 8.55. The lowest BCUT2D eigenvalue weighted by atomic mass is 10.1. The van der Waals surface area contributed by atoms with Crippen LogP contribution in [0.3, 0.4) is 0 Å². The SMILES string of the molecule is COC(=O)c1cc(O)cc2cn[nH]c12. The van der Waals surface area contributed by atoms with Gasteiger partial charge in [-0.05, 0) is 12.1 Å². The minimum Gasteiger partial charge on any atom is -0.508 e. The van der Waals surface area contributed by atoms with E-state index in [2.05, 4.69) is 14.9 Å². The van der Waals surface area contributed by atoms with Gasteiger partial charge in [0.2, 0.25) is 0 Å². The van der Waals surface area contributed by atoms with Crippen LogP contribution < -0.4 is 0 Å². The van der Waals surface area contributed by atoms with Gasteiger partial charge in [-0.2, -0.15) is 5.10 Å². The van der Waals surface area contributed by atoms with Crippen molar-refractivity contribution in [3.05, 3.63) is 23.9 Å². The first-order chi connectivity index (χ1) is 6.72. The van der Waals surface area contributed by atoms with Gasteiger partial charge in [0.25, 0.3) is 0 Å². The highest BCUT2D eigenvalue weighted by molar-refractivity contribution is 6.03. The first-order valence-electron chi connectivity index (χ1n) is 3.97. The molecule has 0 aliphatic rings. The topological polar surface area (TPSA) is 75.2 Å². The lowest BCUT2D eigenvalue weighted by Crippen LogP contribution is -2.01. The standard InChI is InChI=1S/C9H8N2O3/c1-14-9(13)7-3-6(12)2-5-4-10-11-8(5)7/h2-4,12H,1H3,(H,10,11). The van der Waals surface area contributed by atoms with Crippen molar-refractivity contribution in [2.24, 2.45) is 0 Å². The van der Waals surface area contributed by atoms with Crippen molar-refractivity contribution in [3.63, 3.8) is 0 Å². The Morgan fingerprint density at radius 2 is 2.36 bits per heavy atom. The van der Waals surface area contributed by atoms with Crippen molar-refractivity contribution in [1.82, 2.24) is 10.2 Å². The Hall–Kier alpha value is -2.04. The van der Waals surface area contributed by atoms with Crippen LogP contribution in [-0.2, 0) is 4.74 Å². The van der Waals surface area contributed by atoms with E-state index in [1.807, 2.05) is 0 Å². The van der Waals surface area contributed by atoms with Crippen LogP contribution in [0.2, 0.25) is 0 Å². The maximum Gasteiger partial charge on any atom is 0.340 e. The lowest BCUT2D eigenvalue weighted by molar-refractivity contribution is 0.0602. The molecule has 0 amide bonds. The Morgan fingerprint density at radius 3 is 3.07 bits per heavy atom. The quantitative estimate of drug-likeness (QED) is 0.662. The number of aromatic nitrogens is 2. The fourth-order valence-corrected chi connectivity index (χ4v) is 1.31. The van der Waals surface area contributed by atoms with Crippen molar-refractivity contribution in [3.8, 4) is 5.75 Å². The third-order valence-corrected chi connectivity index (χ3v) is 1.94. The average molecular weight is 192 g/mol. The van der Waals surface area contributed by atoms with Gasteiger partial charge < -0.3 is 9.84 Å².